The summed E-state index contributed by atoms with van der Waals surface area (Å²) in [6.45, 7) is 1.91. The Morgan fingerprint density at radius 2 is 1.66 bits per heavy atom. The average Bonchev–Trinajstić information content (AvgIpc) is 3.06. The van der Waals surface area contributed by atoms with Gasteiger partial charge in [-0.2, -0.15) is 0 Å². The summed E-state index contributed by atoms with van der Waals surface area (Å²) in [5.41, 5.74) is 2.26. The van der Waals surface area contributed by atoms with E-state index in [9.17, 15) is 19.8 Å². The number of rotatable bonds is 4. The maximum absolute atomic E-state index is 13.1. The van der Waals surface area contributed by atoms with Crippen molar-refractivity contribution in [3.05, 3.63) is 94.0 Å². The van der Waals surface area contributed by atoms with Gasteiger partial charge in [-0.25, -0.2) is 0 Å². The van der Waals surface area contributed by atoms with Crippen LogP contribution in [0, 0.1) is 6.92 Å². The first-order valence-electron chi connectivity index (χ1n) is 9.82. The van der Waals surface area contributed by atoms with Crippen LogP contribution in [0.1, 0.15) is 22.7 Å². The predicted molar refractivity (Wildman–Crippen MR) is 122 cm³/mol. The van der Waals surface area contributed by atoms with E-state index >= 15 is 0 Å². The van der Waals surface area contributed by atoms with Crippen molar-refractivity contribution in [3.63, 3.8) is 0 Å². The number of halogens is 1. The molecule has 0 aliphatic carbocycles. The van der Waals surface area contributed by atoms with Gasteiger partial charge >= 0.3 is 0 Å². The summed E-state index contributed by atoms with van der Waals surface area (Å²) in [4.78, 5) is 27.5. The van der Waals surface area contributed by atoms with E-state index in [0.717, 1.165) is 5.56 Å². The lowest BCUT2D eigenvalue weighted by Crippen LogP contribution is -2.29. The first-order valence-corrected chi connectivity index (χ1v) is 10.2. The second-order valence-corrected chi connectivity index (χ2v) is 7.85. The number of aliphatic hydroxyl groups is 1. The van der Waals surface area contributed by atoms with Gasteiger partial charge in [0.1, 0.15) is 17.3 Å². The Kier molecular flexibility index (Phi) is 5.63. The quantitative estimate of drug-likeness (QED) is 0.333. The van der Waals surface area contributed by atoms with E-state index in [4.69, 9.17) is 16.3 Å². The second-order valence-electron chi connectivity index (χ2n) is 7.44. The molecule has 32 heavy (non-hydrogen) atoms. The van der Waals surface area contributed by atoms with Crippen LogP contribution in [0.4, 0.5) is 5.69 Å². The van der Waals surface area contributed by atoms with Gasteiger partial charge in [-0.1, -0.05) is 47.5 Å². The normalized spacial score (nSPS) is 17.6. The first-order chi connectivity index (χ1) is 15.3. The number of aryl methyl sites for hydroxylation is 1. The number of carbonyl (C=O) groups is 2. The topological polar surface area (TPSA) is 87.1 Å². The van der Waals surface area contributed by atoms with Gasteiger partial charge in [0.05, 0.1) is 23.7 Å². The zero-order valence-corrected chi connectivity index (χ0v) is 18.1. The van der Waals surface area contributed by atoms with Crippen LogP contribution < -0.4 is 9.64 Å². The number of anilines is 1. The van der Waals surface area contributed by atoms with E-state index < -0.39 is 17.7 Å². The standard InChI is InChI=1S/C25H20ClNO5/c1-14-3-5-15(6-4-14)23(29)21-22(16-7-12-20(28)19(26)13-16)27(25(31)24(21)30)17-8-10-18(32-2)11-9-17/h3-13,22,28-29H,1-2H3/b23-21-. The number of ketones is 1. The number of aliphatic hydroxyl groups excluding tert-OH is 1. The molecule has 1 saturated heterocycles. The number of hydrogen-bond acceptors (Lipinski definition) is 5. The predicted octanol–water partition coefficient (Wildman–Crippen LogP) is 4.99. The van der Waals surface area contributed by atoms with Crippen molar-refractivity contribution in [1.82, 2.24) is 0 Å². The first kappa shape index (κ1) is 21.5. The molecule has 0 aromatic heterocycles. The fourth-order valence-electron chi connectivity index (χ4n) is 3.72. The Morgan fingerprint density at radius 1 is 1.00 bits per heavy atom. The molecule has 1 heterocycles. The molecule has 7 heteroatoms. The van der Waals surface area contributed by atoms with Gasteiger partial charge in [0.25, 0.3) is 11.7 Å². The molecule has 6 nitrogen and oxygen atoms in total. The maximum Gasteiger partial charge on any atom is 0.300 e. The van der Waals surface area contributed by atoms with Crippen LogP contribution in [-0.2, 0) is 9.59 Å². The maximum atomic E-state index is 13.1. The number of Topliss-reactive ketones (excluding diaryl/α,β-unsaturated/α-hetero) is 1. The lowest BCUT2D eigenvalue weighted by atomic mass is 9.94. The molecule has 0 bridgehead atoms. The summed E-state index contributed by atoms with van der Waals surface area (Å²) in [7, 11) is 1.53. The number of benzene rings is 3. The monoisotopic (exact) mass is 449 g/mol. The molecule has 1 atom stereocenters. The molecule has 1 aliphatic heterocycles. The number of carbonyl (C=O) groups excluding carboxylic acids is 2. The van der Waals surface area contributed by atoms with Crippen LogP contribution in [0.25, 0.3) is 5.76 Å². The molecule has 3 aromatic rings. The molecule has 3 aromatic carbocycles. The Morgan fingerprint density at radius 3 is 2.25 bits per heavy atom. The van der Waals surface area contributed by atoms with Gasteiger partial charge in [0.15, 0.2) is 0 Å². The van der Waals surface area contributed by atoms with Crippen LogP contribution in [0.2, 0.25) is 5.02 Å². The van der Waals surface area contributed by atoms with Crippen molar-refractivity contribution in [1.29, 1.82) is 0 Å². The third-order valence-corrected chi connectivity index (χ3v) is 5.71. The summed E-state index contributed by atoms with van der Waals surface area (Å²) < 4.78 is 5.18. The van der Waals surface area contributed by atoms with Crippen molar-refractivity contribution in [2.24, 2.45) is 0 Å². The van der Waals surface area contributed by atoms with Gasteiger partial charge in [-0.3, -0.25) is 14.5 Å². The number of aromatic hydroxyl groups is 1. The Hall–Kier alpha value is -3.77. The number of amides is 1. The molecule has 2 N–H and O–H groups in total. The van der Waals surface area contributed by atoms with Crippen LogP contribution in [0.3, 0.4) is 0 Å². The third kappa shape index (κ3) is 3.69. The second kappa shape index (κ2) is 8.40. The molecular formula is C25H20ClNO5. The minimum absolute atomic E-state index is 0.0589. The molecule has 1 unspecified atom stereocenters. The Balaban J connectivity index is 1.94. The summed E-state index contributed by atoms with van der Waals surface area (Å²) in [5, 5.41) is 21.0. The average molecular weight is 450 g/mol. The number of ether oxygens (including phenoxy) is 1. The highest BCUT2D eigenvalue weighted by molar-refractivity contribution is 6.51. The number of phenolic OH excluding ortho intramolecular Hbond substituents is 1. The van der Waals surface area contributed by atoms with E-state index in [2.05, 4.69) is 0 Å². The Labute approximate surface area is 189 Å². The van der Waals surface area contributed by atoms with E-state index in [1.165, 1.54) is 24.1 Å². The fourth-order valence-corrected chi connectivity index (χ4v) is 3.91. The lowest BCUT2D eigenvalue weighted by Gasteiger charge is -2.26. The van der Waals surface area contributed by atoms with E-state index in [1.54, 1.807) is 54.6 Å². The summed E-state index contributed by atoms with van der Waals surface area (Å²) in [6, 6.07) is 17.1. The minimum Gasteiger partial charge on any atom is -0.507 e. The van der Waals surface area contributed by atoms with Crippen molar-refractivity contribution < 1.29 is 24.5 Å². The zero-order valence-electron chi connectivity index (χ0n) is 17.4. The smallest absolute Gasteiger partial charge is 0.300 e. The highest BCUT2D eigenvalue weighted by Crippen LogP contribution is 2.43. The fraction of sp³-hybridized carbons (Fsp3) is 0.120. The highest BCUT2D eigenvalue weighted by atomic mass is 35.5. The number of phenols is 1. The van der Waals surface area contributed by atoms with Crippen molar-refractivity contribution in [3.8, 4) is 11.5 Å². The Bertz CT molecular complexity index is 1230. The highest BCUT2D eigenvalue weighted by Gasteiger charge is 2.47. The third-order valence-electron chi connectivity index (χ3n) is 5.41. The molecular weight excluding hydrogens is 430 g/mol. The lowest BCUT2D eigenvalue weighted by molar-refractivity contribution is -0.132. The molecule has 162 valence electrons. The zero-order chi connectivity index (χ0) is 23.0. The number of methoxy groups -OCH3 is 1. The van der Waals surface area contributed by atoms with Crippen LogP contribution in [0.5, 0.6) is 11.5 Å². The van der Waals surface area contributed by atoms with Crippen molar-refractivity contribution in [2.75, 3.05) is 12.0 Å². The van der Waals surface area contributed by atoms with Crippen LogP contribution in [0.15, 0.2) is 72.3 Å². The summed E-state index contributed by atoms with van der Waals surface area (Å²) in [6.07, 6.45) is 0. The van der Waals surface area contributed by atoms with E-state index in [0.29, 0.717) is 22.6 Å². The summed E-state index contributed by atoms with van der Waals surface area (Å²) >= 11 is 6.13. The number of nitrogens with zero attached hydrogens (tertiary/aromatic N) is 1. The van der Waals surface area contributed by atoms with Crippen molar-refractivity contribution in [2.45, 2.75) is 13.0 Å². The molecule has 0 radical (unpaired) electrons. The number of hydrogen-bond donors (Lipinski definition) is 2. The summed E-state index contributed by atoms with van der Waals surface area (Å²) in [5.74, 6) is -1.41. The van der Waals surface area contributed by atoms with Gasteiger partial charge < -0.3 is 14.9 Å². The molecule has 4 rings (SSSR count). The largest absolute Gasteiger partial charge is 0.507 e. The van der Waals surface area contributed by atoms with Crippen molar-refractivity contribution >= 4 is 34.7 Å². The molecule has 0 saturated carbocycles. The molecule has 0 spiro atoms. The SMILES string of the molecule is COc1ccc(N2C(=O)C(=O)/C(=C(\O)c3ccc(C)cc3)C2c2ccc(O)c(Cl)c2)cc1. The van der Waals surface area contributed by atoms with Crippen LogP contribution in [-0.4, -0.2) is 29.0 Å². The minimum atomic E-state index is -0.942. The molecule has 1 amide bonds. The van der Waals surface area contributed by atoms with Gasteiger partial charge in [-0.05, 0) is 48.9 Å². The van der Waals surface area contributed by atoms with Crippen LogP contribution >= 0.6 is 11.6 Å². The van der Waals surface area contributed by atoms with E-state index in [-0.39, 0.29) is 22.1 Å². The van der Waals surface area contributed by atoms with E-state index in [1.807, 2.05) is 6.92 Å². The molecule has 1 aliphatic rings. The van der Waals surface area contributed by atoms with Gasteiger partial charge in [0.2, 0.25) is 0 Å². The van der Waals surface area contributed by atoms with Gasteiger partial charge in [-0.15, -0.1) is 0 Å². The molecule has 1 fully saturated rings. The van der Waals surface area contributed by atoms with Gasteiger partial charge in [0, 0.05) is 11.3 Å².